The molecule has 0 amide bonds. The van der Waals surface area contributed by atoms with Gasteiger partial charge in [0.05, 0.1) is 6.54 Å². The van der Waals surface area contributed by atoms with E-state index in [2.05, 4.69) is 40.9 Å². The highest BCUT2D eigenvalue weighted by molar-refractivity contribution is 7.17. The number of hydrogen-bond donors (Lipinski definition) is 1. The van der Waals surface area contributed by atoms with Crippen LogP contribution in [0.5, 0.6) is 0 Å². The number of hydroxylamine groups is 1. The van der Waals surface area contributed by atoms with Crippen LogP contribution in [0, 0.1) is 12.8 Å². The summed E-state index contributed by atoms with van der Waals surface area (Å²) in [7, 11) is 0. The van der Waals surface area contributed by atoms with Gasteiger partial charge in [-0.05, 0) is 67.4 Å². The molecule has 2 aromatic rings. The summed E-state index contributed by atoms with van der Waals surface area (Å²) in [6.07, 6.45) is 2.39. The minimum atomic E-state index is -0.357. The molecule has 1 aromatic carbocycles. The standard InChI is InChI=1S/C17H19N3OS/c1-11-9-22-15-3-2-12(8-14(11)15)16-18-17(21-19-16)10-20-6-4-13(17)5-7-20/h2-3,8-9,13H,4-7,10H2,1H3,(H,18,19)/t17-/m0/s1. The van der Waals surface area contributed by atoms with Crippen molar-refractivity contribution in [3.05, 3.63) is 34.7 Å². The number of hydrogen-bond acceptors (Lipinski definition) is 5. The zero-order valence-corrected chi connectivity index (χ0v) is 13.4. The smallest absolute Gasteiger partial charge is 0.202 e. The van der Waals surface area contributed by atoms with Crippen LogP contribution in [0.25, 0.3) is 10.1 Å². The average Bonchev–Trinajstić information content (AvgIpc) is 3.13. The Bertz CT molecular complexity index is 775. The quantitative estimate of drug-likeness (QED) is 0.879. The lowest BCUT2D eigenvalue weighted by atomic mass is 9.81. The second-order valence-corrected chi connectivity index (χ2v) is 7.60. The highest BCUT2D eigenvalue weighted by atomic mass is 32.1. The third-order valence-corrected chi connectivity index (χ3v) is 6.42. The van der Waals surface area contributed by atoms with Crippen LogP contribution in [-0.4, -0.2) is 36.1 Å². The number of aliphatic imine (C=N–C) groups is 1. The molecule has 114 valence electrons. The van der Waals surface area contributed by atoms with Gasteiger partial charge in [-0.15, -0.1) is 11.3 Å². The lowest BCUT2D eigenvalue weighted by Gasteiger charge is -2.47. The van der Waals surface area contributed by atoms with E-state index < -0.39 is 0 Å². The van der Waals surface area contributed by atoms with Crippen molar-refractivity contribution in [1.29, 1.82) is 0 Å². The van der Waals surface area contributed by atoms with Gasteiger partial charge in [-0.2, -0.15) is 0 Å². The van der Waals surface area contributed by atoms with Crippen LogP contribution >= 0.6 is 11.3 Å². The van der Waals surface area contributed by atoms with Gasteiger partial charge in [-0.25, -0.2) is 15.3 Å². The zero-order valence-electron chi connectivity index (χ0n) is 12.6. The highest BCUT2D eigenvalue weighted by Crippen LogP contribution is 2.41. The molecule has 6 rings (SSSR count). The molecule has 0 aliphatic carbocycles. The third-order valence-electron chi connectivity index (χ3n) is 5.34. The Hall–Kier alpha value is -1.43. The fraction of sp³-hybridized carbons (Fsp3) is 0.471. The fourth-order valence-electron chi connectivity index (χ4n) is 4.03. The molecule has 0 radical (unpaired) electrons. The van der Waals surface area contributed by atoms with E-state index in [0.717, 1.165) is 17.9 Å². The van der Waals surface area contributed by atoms with Crippen LogP contribution in [0.2, 0.25) is 0 Å². The number of aryl methyl sites for hydroxylation is 1. The monoisotopic (exact) mass is 313 g/mol. The van der Waals surface area contributed by atoms with E-state index >= 15 is 0 Å². The SMILES string of the molecule is Cc1csc2ccc(C3=N[C@@]4(CN5CCC4CC5)ON3)cc12. The molecular weight excluding hydrogens is 294 g/mol. The van der Waals surface area contributed by atoms with Gasteiger partial charge in [-0.1, -0.05) is 0 Å². The Labute approximate surface area is 133 Å². The Morgan fingerprint density at radius 1 is 1.36 bits per heavy atom. The number of fused-ring (bicyclic) bond motifs is 3. The first kappa shape index (κ1) is 13.0. The first-order valence-electron chi connectivity index (χ1n) is 7.98. The van der Waals surface area contributed by atoms with Crippen molar-refractivity contribution in [2.24, 2.45) is 10.9 Å². The maximum absolute atomic E-state index is 6.01. The van der Waals surface area contributed by atoms with Gasteiger partial charge in [0, 0.05) is 16.2 Å². The lowest BCUT2D eigenvalue weighted by Crippen LogP contribution is -2.58. The molecule has 1 aromatic heterocycles. The molecule has 2 bridgehead atoms. The summed E-state index contributed by atoms with van der Waals surface area (Å²) in [6, 6.07) is 6.57. The summed E-state index contributed by atoms with van der Waals surface area (Å²) in [5.41, 5.74) is 5.22. The average molecular weight is 313 g/mol. The number of nitrogens with one attached hydrogen (secondary N) is 1. The first-order chi connectivity index (χ1) is 10.7. The molecule has 4 nitrogen and oxygen atoms in total. The van der Waals surface area contributed by atoms with Crippen molar-refractivity contribution < 1.29 is 4.84 Å². The third kappa shape index (κ3) is 1.79. The minimum Gasteiger partial charge on any atom is -0.298 e. The van der Waals surface area contributed by atoms with Gasteiger partial charge in [0.25, 0.3) is 0 Å². The highest BCUT2D eigenvalue weighted by Gasteiger charge is 2.51. The summed E-state index contributed by atoms with van der Waals surface area (Å²) in [6.45, 7) is 5.48. The van der Waals surface area contributed by atoms with Gasteiger partial charge < -0.3 is 0 Å². The number of amidine groups is 1. The fourth-order valence-corrected chi connectivity index (χ4v) is 4.96. The number of piperidine rings is 3. The normalized spacial score (nSPS) is 33.4. The Kier molecular flexibility index (Phi) is 2.69. The number of benzene rings is 1. The molecule has 0 unspecified atom stereocenters. The summed E-state index contributed by atoms with van der Waals surface area (Å²) >= 11 is 1.80. The van der Waals surface area contributed by atoms with Crippen LogP contribution in [-0.2, 0) is 4.84 Å². The maximum atomic E-state index is 6.01. The molecule has 22 heavy (non-hydrogen) atoms. The Balaban J connectivity index is 1.54. The van der Waals surface area contributed by atoms with Crippen molar-refractivity contribution in [2.75, 3.05) is 19.6 Å². The molecule has 5 heterocycles. The second kappa shape index (κ2) is 4.54. The minimum absolute atomic E-state index is 0.357. The van der Waals surface area contributed by atoms with Crippen LogP contribution < -0.4 is 5.48 Å². The topological polar surface area (TPSA) is 36.9 Å². The molecule has 0 saturated carbocycles. The van der Waals surface area contributed by atoms with Crippen molar-refractivity contribution in [3.63, 3.8) is 0 Å². The van der Waals surface area contributed by atoms with Gasteiger partial charge in [-0.3, -0.25) is 4.90 Å². The molecule has 3 saturated heterocycles. The summed E-state index contributed by atoms with van der Waals surface area (Å²) in [4.78, 5) is 13.5. The van der Waals surface area contributed by atoms with Gasteiger partial charge in [0.2, 0.25) is 5.72 Å². The Morgan fingerprint density at radius 2 is 2.23 bits per heavy atom. The van der Waals surface area contributed by atoms with Crippen molar-refractivity contribution in [3.8, 4) is 0 Å². The van der Waals surface area contributed by atoms with E-state index in [1.165, 1.54) is 41.6 Å². The second-order valence-electron chi connectivity index (χ2n) is 6.69. The van der Waals surface area contributed by atoms with Crippen molar-refractivity contribution in [1.82, 2.24) is 10.4 Å². The zero-order chi connectivity index (χ0) is 14.7. The van der Waals surface area contributed by atoms with Crippen LogP contribution in [0.15, 0.2) is 28.6 Å². The Morgan fingerprint density at radius 3 is 3.00 bits per heavy atom. The van der Waals surface area contributed by atoms with E-state index in [4.69, 9.17) is 9.83 Å². The van der Waals surface area contributed by atoms with E-state index in [0.29, 0.717) is 5.92 Å². The molecule has 1 N–H and O–H groups in total. The van der Waals surface area contributed by atoms with E-state index in [1.54, 1.807) is 11.3 Å². The van der Waals surface area contributed by atoms with Crippen LogP contribution in [0.3, 0.4) is 0 Å². The van der Waals surface area contributed by atoms with Crippen LogP contribution in [0.4, 0.5) is 0 Å². The largest absolute Gasteiger partial charge is 0.298 e. The van der Waals surface area contributed by atoms with E-state index in [1.807, 2.05) is 0 Å². The summed E-state index contributed by atoms with van der Waals surface area (Å²) < 4.78 is 1.33. The molecule has 4 aliphatic heterocycles. The molecule has 1 atom stereocenters. The van der Waals surface area contributed by atoms with Crippen LogP contribution in [0.1, 0.15) is 24.0 Å². The van der Waals surface area contributed by atoms with Gasteiger partial charge >= 0.3 is 0 Å². The molecular formula is C17H19N3OS. The van der Waals surface area contributed by atoms with E-state index in [9.17, 15) is 0 Å². The molecule has 3 fully saturated rings. The van der Waals surface area contributed by atoms with E-state index in [-0.39, 0.29) is 5.72 Å². The molecule has 5 heteroatoms. The number of nitrogens with zero attached hydrogens (tertiary/aromatic N) is 2. The van der Waals surface area contributed by atoms with Gasteiger partial charge in [0.15, 0.2) is 5.84 Å². The predicted molar refractivity (Wildman–Crippen MR) is 89.2 cm³/mol. The van der Waals surface area contributed by atoms with Gasteiger partial charge in [0.1, 0.15) is 0 Å². The predicted octanol–water partition coefficient (Wildman–Crippen LogP) is 2.91. The lowest BCUT2D eigenvalue weighted by molar-refractivity contribution is -0.155. The maximum Gasteiger partial charge on any atom is 0.202 e. The van der Waals surface area contributed by atoms with Crippen molar-refractivity contribution >= 4 is 27.3 Å². The first-order valence-corrected chi connectivity index (χ1v) is 8.86. The molecule has 1 spiro atoms. The summed E-state index contributed by atoms with van der Waals surface area (Å²) in [5.74, 6) is 1.44. The molecule has 4 aliphatic rings. The number of rotatable bonds is 1. The van der Waals surface area contributed by atoms with Crippen molar-refractivity contribution in [2.45, 2.75) is 25.5 Å². The number of thiophene rings is 1. The summed E-state index contributed by atoms with van der Waals surface area (Å²) in [5, 5.41) is 3.53.